The van der Waals surface area contributed by atoms with Crippen molar-refractivity contribution in [3.05, 3.63) is 23.9 Å². The number of anilines is 1. The maximum absolute atomic E-state index is 4.40. The minimum atomic E-state index is 0.152. The van der Waals surface area contributed by atoms with Crippen molar-refractivity contribution in [2.75, 3.05) is 18.5 Å². The van der Waals surface area contributed by atoms with E-state index in [-0.39, 0.29) is 5.54 Å². The van der Waals surface area contributed by atoms with Crippen LogP contribution in [-0.4, -0.2) is 24.1 Å². The van der Waals surface area contributed by atoms with Gasteiger partial charge in [-0.2, -0.15) is 0 Å². The highest BCUT2D eigenvalue weighted by molar-refractivity contribution is 5.39. The Hall–Kier alpha value is -1.09. The molecule has 17 heavy (non-hydrogen) atoms. The van der Waals surface area contributed by atoms with Crippen molar-refractivity contribution in [3.63, 3.8) is 0 Å². The summed E-state index contributed by atoms with van der Waals surface area (Å²) in [5.41, 5.74) is 1.44. The minimum Gasteiger partial charge on any atom is -0.360 e. The first-order valence-corrected chi connectivity index (χ1v) is 6.33. The molecule has 3 nitrogen and oxygen atoms in total. The SMILES string of the molecule is CCCN(C)c1cc(CNC(C)(C)C)ccn1. The van der Waals surface area contributed by atoms with Gasteiger partial charge in [0.05, 0.1) is 0 Å². The number of nitrogens with one attached hydrogen (secondary N) is 1. The molecule has 1 N–H and O–H groups in total. The van der Waals surface area contributed by atoms with Gasteiger partial charge >= 0.3 is 0 Å². The van der Waals surface area contributed by atoms with Gasteiger partial charge in [0, 0.05) is 31.9 Å². The summed E-state index contributed by atoms with van der Waals surface area (Å²) in [4.78, 5) is 6.60. The zero-order chi connectivity index (χ0) is 12.9. The second-order valence-corrected chi connectivity index (χ2v) is 5.55. The molecule has 3 heteroatoms. The van der Waals surface area contributed by atoms with Crippen LogP contribution in [0.5, 0.6) is 0 Å². The molecule has 0 amide bonds. The monoisotopic (exact) mass is 235 g/mol. The lowest BCUT2D eigenvalue weighted by molar-refractivity contribution is 0.424. The normalized spacial score (nSPS) is 11.6. The van der Waals surface area contributed by atoms with Gasteiger partial charge in [0.15, 0.2) is 0 Å². The summed E-state index contributed by atoms with van der Waals surface area (Å²) in [5.74, 6) is 1.06. The summed E-state index contributed by atoms with van der Waals surface area (Å²) in [6.45, 7) is 10.7. The van der Waals surface area contributed by atoms with Crippen LogP contribution in [0.15, 0.2) is 18.3 Å². The Kier molecular flexibility index (Phi) is 4.94. The Balaban J connectivity index is 2.66. The number of nitrogens with zero attached hydrogens (tertiary/aromatic N) is 2. The summed E-state index contributed by atoms with van der Waals surface area (Å²) in [6, 6.07) is 4.23. The van der Waals surface area contributed by atoms with E-state index >= 15 is 0 Å². The van der Waals surface area contributed by atoms with Crippen molar-refractivity contribution in [1.29, 1.82) is 0 Å². The lowest BCUT2D eigenvalue weighted by atomic mass is 10.1. The van der Waals surface area contributed by atoms with Gasteiger partial charge in [0.2, 0.25) is 0 Å². The highest BCUT2D eigenvalue weighted by Gasteiger charge is 2.09. The lowest BCUT2D eigenvalue weighted by Crippen LogP contribution is -2.35. The van der Waals surface area contributed by atoms with Crippen molar-refractivity contribution in [1.82, 2.24) is 10.3 Å². The molecule has 0 spiro atoms. The van der Waals surface area contributed by atoms with Crippen LogP contribution in [0.1, 0.15) is 39.7 Å². The Morgan fingerprint density at radius 1 is 1.35 bits per heavy atom. The number of rotatable bonds is 5. The molecule has 0 atom stereocenters. The predicted octanol–water partition coefficient (Wildman–Crippen LogP) is 2.82. The van der Waals surface area contributed by atoms with E-state index in [0.29, 0.717) is 0 Å². The van der Waals surface area contributed by atoms with Crippen molar-refractivity contribution in [2.24, 2.45) is 0 Å². The first-order valence-electron chi connectivity index (χ1n) is 6.33. The van der Waals surface area contributed by atoms with Gasteiger partial charge in [-0.25, -0.2) is 4.98 Å². The molecule has 0 aromatic carbocycles. The fourth-order valence-electron chi connectivity index (χ4n) is 1.60. The summed E-state index contributed by atoms with van der Waals surface area (Å²) in [6.07, 6.45) is 3.03. The van der Waals surface area contributed by atoms with E-state index in [1.54, 1.807) is 0 Å². The third kappa shape index (κ3) is 5.18. The van der Waals surface area contributed by atoms with Crippen molar-refractivity contribution >= 4 is 5.82 Å². The molecule has 1 rings (SSSR count). The van der Waals surface area contributed by atoms with Gasteiger partial charge in [0.1, 0.15) is 5.82 Å². The molecule has 0 unspecified atom stereocenters. The smallest absolute Gasteiger partial charge is 0.128 e. The van der Waals surface area contributed by atoms with Crippen molar-refractivity contribution in [3.8, 4) is 0 Å². The van der Waals surface area contributed by atoms with E-state index < -0.39 is 0 Å². The zero-order valence-corrected chi connectivity index (χ0v) is 11.7. The fraction of sp³-hybridized carbons (Fsp3) is 0.643. The van der Waals surface area contributed by atoms with E-state index in [1.165, 1.54) is 5.56 Å². The van der Waals surface area contributed by atoms with Gasteiger partial charge in [-0.05, 0) is 44.9 Å². The van der Waals surface area contributed by atoms with Crippen LogP contribution in [0.4, 0.5) is 5.82 Å². The van der Waals surface area contributed by atoms with Gasteiger partial charge in [-0.1, -0.05) is 6.92 Å². The minimum absolute atomic E-state index is 0.152. The first-order chi connectivity index (χ1) is 7.92. The molecular weight excluding hydrogens is 210 g/mol. The molecule has 0 fully saturated rings. The third-order valence-corrected chi connectivity index (χ3v) is 2.58. The van der Waals surface area contributed by atoms with Crippen LogP contribution in [0.2, 0.25) is 0 Å². The summed E-state index contributed by atoms with van der Waals surface area (Å²) in [7, 11) is 2.09. The van der Waals surface area contributed by atoms with Crippen LogP contribution in [0, 0.1) is 0 Å². The maximum atomic E-state index is 4.40. The molecule has 1 aromatic heterocycles. The van der Waals surface area contributed by atoms with Crippen molar-refractivity contribution in [2.45, 2.75) is 46.2 Å². The van der Waals surface area contributed by atoms with Gasteiger partial charge in [0.25, 0.3) is 0 Å². The first kappa shape index (κ1) is 14.0. The third-order valence-electron chi connectivity index (χ3n) is 2.58. The highest BCUT2D eigenvalue weighted by atomic mass is 15.2. The standard InChI is InChI=1S/C14H25N3/c1-6-9-17(5)13-10-12(7-8-15-13)11-16-14(2,3)4/h7-8,10,16H,6,9,11H2,1-5H3. The van der Waals surface area contributed by atoms with Crippen LogP contribution in [-0.2, 0) is 6.54 Å². The Bertz CT molecular complexity index is 342. The molecule has 0 saturated heterocycles. The molecule has 1 heterocycles. The molecule has 0 aliphatic carbocycles. The van der Waals surface area contributed by atoms with E-state index in [0.717, 1.165) is 25.3 Å². The second-order valence-electron chi connectivity index (χ2n) is 5.55. The van der Waals surface area contributed by atoms with Gasteiger partial charge < -0.3 is 10.2 Å². The van der Waals surface area contributed by atoms with E-state index in [2.05, 4.69) is 62.1 Å². The Morgan fingerprint density at radius 3 is 2.65 bits per heavy atom. The molecule has 0 aliphatic rings. The number of hydrogen-bond donors (Lipinski definition) is 1. The molecule has 0 bridgehead atoms. The van der Waals surface area contributed by atoms with Gasteiger partial charge in [-0.15, -0.1) is 0 Å². The van der Waals surface area contributed by atoms with Crippen LogP contribution in [0.25, 0.3) is 0 Å². The highest BCUT2D eigenvalue weighted by Crippen LogP contribution is 2.12. The molecule has 0 aliphatic heterocycles. The van der Waals surface area contributed by atoms with Gasteiger partial charge in [-0.3, -0.25) is 0 Å². The molecule has 0 saturated carbocycles. The van der Waals surface area contributed by atoms with E-state index in [4.69, 9.17) is 0 Å². The molecule has 96 valence electrons. The number of hydrogen-bond acceptors (Lipinski definition) is 3. The lowest BCUT2D eigenvalue weighted by Gasteiger charge is -2.22. The summed E-state index contributed by atoms with van der Waals surface area (Å²) in [5, 5.41) is 3.49. The van der Waals surface area contributed by atoms with Crippen LogP contribution < -0.4 is 10.2 Å². The summed E-state index contributed by atoms with van der Waals surface area (Å²) >= 11 is 0. The van der Waals surface area contributed by atoms with E-state index in [1.807, 2.05) is 6.20 Å². The van der Waals surface area contributed by atoms with E-state index in [9.17, 15) is 0 Å². The molecular formula is C14H25N3. The predicted molar refractivity (Wildman–Crippen MR) is 74.4 cm³/mol. The molecule has 1 aromatic rings. The Morgan fingerprint density at radius 2 is 2.06 bits per heavy atom. The zero-order valence-electron chi connectivity index (χ0n) is 11.7. The average Bonchev–Trinajstić information content (AvgIpc) is 2.26. The van der Waals surface area contributed by atoms with Crippen molar-refractivity contribution < 1.29 is 0 Å². The summed E-state index contributed by atoms with van der Waals surface area (Å²) < 4.78 is 0. The average molecular weight is 235 g/mol. The fourth-order valence-corrected chi connectivity index (χ4v) is 1.60. The number of aromatic nitrogens is 1. The maximum Gasteiger partial charge on any atom is 0.128 e. The van der Waals surface area contributed by atoms with Crippen LogP contribution >= 0.6 is 0 Å². The van der Waals surface area contributed by atoms with Crippen LogP contribution in [0.3, 0.4) is 0 Å². The quantitative estimate of drug-likeness (QED) is 0.850. The number of pyridine rings is 1. The Labute approximate surface area is 105 Å². The second kappa shape index (κ2) is 6.01. The topological polar surface area (TPSA) is 28.2 Å². The largest absolute Gasteiger partial charge is 0.360 e. The molecule has 0 radical (unpaired) electrons.